The SMILES string of the molecule is C[C@H](CC(=O)OC(C)(C)C)c1ccc(O[C@@H]2CCN(c3ncnc(OCC4CC4)c3F)C2)cc1.C[C@H](N)c1ccc(O[C@@H]2CCN(c3ncnc(OCC4CC4)c3F)C2)cc1. The van der Waals surface area contributed by atoms with Gasteiger partial charge in [-0.3, -0.25) is 4.79 Å². The van der Waals surface area contributed by atoms with Gasteiger partial charge in [-0.1, -0.05) is 31.2 Å². The minimum Gasteiger partial charge on any atom is -0.489 e. The van der Waals surface area contributed by atoms with E-state index in [1.807, 2.05) is 92.9 Å². The molecule has 4 heterocycles. The second kappa shape index (κ2) is 19.6. The van der Waals surface area contributed by atoms with Gasteiger partial charge >= 0.3 is 5.97 Å². The Kier molecular flexibility index (Phi) is 14.1. The third-order valence-corrected chi connectivity index (χ3v) is 11.0. The first-order chi connectivity index (χ1) is 29.3. The van der Waals surface area contributed by atoms with Crippen molar-refractivity contribution in [2.45, 2.75) is 109 Å². The number of hydrogen-bond acceptors (Lipinski definition) is 13. The maximum atomic E-state index is 14.9. The maximum Gasteiger partial charge on any atom is 0.306 e. The molecule has 2 saturated heterocycles. The van der Waals surface area contributed by atoms with Crippen molar-refractivity contribution in [3.8, 4) is 23.3 Å². The van der Waals surface area contributed by atoms with Gasteiger partial charge in [-0.2, -0.15) is 18.7 Å². The molecule has 0 spiro atoms. The molecule has 2 saturated carbocycles. The van der Waals surface area contributed by atoms with E-state index in [0.717, 1.165) is 61.2 Å². The van der Waals surface area contributed by atoms with Crippen LogP contribution >= 0.6 is 0 Å². The summed E-state index contributed by atoms with van der Waals surface area (Å²) in [4.78, 5) is 32.1. The van der Waals surface area contributed by atoms with Crippen molar-refractivity contribution in [1.29, 1.82) is 0 Å². The summed E-state index contributed by atoms with van der Waals surface area (Å²) in [6, 6.07) is 15.6. The summed E-state index contributed by atoms with van der Waals surface area (Å²) in [5, 5.41) is 0. The number of rotatable bonds is 16. The largest absolute Gasteiger partial charge is 0.489 e. The summed E-state index contributed by atoms with van der Waals surface area (Å²) in [7, 11) is 0. The zero-order valence-corrected chi connectivity index (χ0v) is 35.9. The predicted octanol–water partition coefficient (Wildman–Crippen LogP) is 7.98. The molecule has 8 rings (SSSR count). The van der Waals surface area contributed by atoms with Crippen molar-refractivity contribution in [3.63, 3.8) is 0 Å². The summed E-state index contributed by atoms with van der Waals surface area (Å²) in [6.45, 7) is 13.0. The van der Waals surface area contributed by atoms with Gasteiger partial charge in [0.2, 0.25) is 11.6 Å². The number of nitrogens with zero attached hydrogens (tertiary/aromatic N) is 6. The number of carbonyl (C=O) groups is 1. The van der Waals surface area contributed by atoms with E-state index in [2.05, 4.69) is 19.9 Å². The zero-order valence-electron chi connectivity index (χ0n) is 35.9. The van der Waals surface area contributed by atoms with Crippen molar-refractivity contribution in [1.82, 2.24) is 19.9 Å². The lowest BCUT2D eigenvalue weighted by Crippen LogP contribution is -2.26. The minimum atomic E-state index is -0.507. The topological polar surface area (TPSA) is 147 Å². The highest BCUT2D eigenvalue weighted by molar-refractivity contribution is 5.71. The number of esters is 1. The lowest BCUT2D eigenvalue weighted by molar-refractivity contribution is -0.155. The molecule has 2 aliphatic heterocycles. The van der Waals surface area contributed by atoms with Crippen molar-refractivity contribution < 1.29 is 37.3 Å². The van der Waals surface area contributed by atoms with Crippen molar-refractivity contribution in [2.75, 3.05) is 49.2 Å². The van der Waals surface area contributed by atoms with Crippen molar-refractivity contribution in [3.05, 3.63) is 83.9 Å². The Labute approximate surface area is 357 Å². The second-order valence-corrected chi connectivity index (χ2v) is 17.7. The van der Waals surface area contributed by atoms with Crippen molar-refractivity contribution >= 4 is 17.6 Å². The van der Waals surface area contributed by atoms with Crippen molar-refractivity contribution in [2.24, 2.45) is 17.6 Å². The summed E-state index contributed by atoms with van der Waals surface area (Å²) in [5.74, 6) is 2.07. The Morgan fingerprint density at radius 3 is 1.56 bits per heavy atom. The van der Waals surface area contributed by atoms with Crippen LogP contribution in [0.5, 0.6) is 23.3 Å². The first kappa shape index (κ1) is 43.8. The van der Waals surface area contributed by atoms with Crippen LogP contribution in [0.15, 0.2) is 61.2 Å². The van der Waals surface area contributed by atoms with E-state index in [4.69, 9.17) is 29.4 Å². The number of nitrogens with two attached hydrogens (primary N) is 1. The van der Waals surface area contributed by atoms with E-state index in [1.54, 1.807) is 0 Å². The molecule has 2 N–H and O–H groups in total. The van der Waals surface area contributed by atoms with Crippen LogP contribution in [0.4, 0.5) is 20.4 Å². The van der Waals surface area contributed by atoms with Crippen LogP contribution in [0.1, 0.15) is 103 Å². The average molecular weight is 844 g/mol. The molecule has 0 radical (unpaired) electrons. The van der Waals surface area contributed by atoms with Crippen LogP contribution in [0.3, 0.4) is 0 Å². The molecule has 0 unspecified atom stereocenters. The second-order valence-electron chi connectivity index (χ2n) is 17.7. The zero-order chi connectivity index (χ0) is 43.1. The fraction of sp³-hybridized carbons (Fsp3) is 0.543. The van der Waals surface area contributed by atoms with Crippen LogP contribution in [-0.2, 0) is 9.53 Å². The Bertz CT molecular complexity index is 2060. The van der Waals surface area contributed by atoms with Gasteiger partial charge in [0.05, 0.1) is 32.7 Å². The van der Waals surface area contributed by atoms with Crippen LogP contribution in [0.2, 0.25) is 0 Å². The molecule has 2 aliphatic carbocycles. The Morgan fingerprint density at radius 2 is 1.15 bits per heavy atom. The minimum absolute atomic E-state index is 0.00177. The maximum absolute atomic E-state index is 14.9. The number of hydrogen-bond donors (Lipinski definition) is 1. The van der Waals surface area contributed by atoms with Gasteiger partial charge in [0.1, 0.15) is 42.0 Å². The quantitative estimate of drug-likeness (QED) is 0.109. The molecule has 2 aromatic heterocycles. The number of anilines is 2. The molecule has 0 amide bonds. The highest BCUT2D eigenvalue weighted by Gasteiger charge is 2.31. The Morgan fingerprint density at radius 1 is 0.705 bits per heavy atom. The molecule has 2 aromatic carbocycles. The molecule has 328 valence electrons. The van der Waals surface area contributed by atoms with E-state index in [-0.39, 0.29) is 53.5 Å². The van der Waals surface area contributed by atoms with Gasteiger partial charge < -0.3 is 39.2 Å². The number of ether oxygens (including phenoxy) is 5. The lowest BCUT2D eigenvalue weighted by atomic mass is 9.98. The van der Waals surface area contributed by atoms with Gasteiger partial charge in [-0.05, 0) is 107 Å². The number of aromatic nitrogens is 4. The van der Waals surface area contributed by atoms with Gasteiger partial charge in [-0.15, -0.1) is 0 Å². The van der Waals surface area contributed by atoms with Crippen LogP contribution in [0.25, 0.3) is 0 Å². The molecular weight excluding hydrogens is 785 g/mol. The monoisotopic (exact) mass is 843 g/mol. The highest BCUT2D eigenvalue weighted by atomic mass is 19.1. The molecule has 13 nitrogen and oxygen atoms in total. The van der Waals surface area contributed by atoms with Crippen LogP contribution in [0, 0.1) is 23.5 Å². The summed E-state index contributed by atoms with van der Waals surface area (Å²) < 4.78 is 58.3. The molecule has 0 bridgehead atoms. The summed E-state index contributed by atoms with van der Waals surface area (Å²) in [6.07, 6.45) is 9.08. The number of carbonyl (C=O) groups excluding carboxylic acids is 1. The van der Waals surface area contributed by atoms with E-state index in [0.29, 0.717) is 57.6 Å². The molecule has 61 heavy (non-hydrogen) atoms. The fourth-order valence-electron chi connectivity index (χ4n) is 7.19. The van der Waals surface area contributed by atoms with Crippen LogP contribution < -0.4 is 34.5 Å². The normalized spacial score (nSPS) is 19.7. The number of halogens is 2. The Hall–Kier alpha value is -5.31. The first-order valence-electron chi connectivity index (χ1n) is 21.5. The molecular formula is C46H59F2N7O6. The third-order valence-electron chi connectivity index (χ3n) is 11.0. The van der Waals surface area contributed by atoms with Crippen LogP contribution in [-0.4, -0.2) is 83.1 Å². The van der Waals surface area contributed by atoms with E-state index in [9.17, 15) is 13.6 Å². The van der Waals surface area contributed by atoms with Gasteiger partial charge in [0, 0.05) is 32.0 Å². The highest BCUT2D eigenvalue weighted by Crippen LogP contribution is 2.34. The average Bonchev–Trinajstić information content (AvgIpc) is 4.15. The smallest absolute Gasteiger partial charge is 0.306 e. The summed E-state index contributed by atoms with van der Waals surface area (Å²) in [5.41, 5.74) is 7.51. The third kappa shape index (κ3) is 12.6. The van der Waals surface area contributed by atoms with Gasteiger partial charge in [-0.25, -0.2) is 9.97 Å². The molecule has 4 aliphatic rings. The fourth-order valence-corrected chi connectivity index (χ4v) is 7.19. The first-order valence-corrected chi connectivity index (χ1v) is 21.5. The Balaban J connectivity index is 0.000000189. The lowest BCUT2D eigenvalue weighted by Gasteiger charge is -2.21. The predicted molar refractivity (Wildman–Crippen MR) is 227 cm³/mol. The number of benzene rings is 2. The summed E-state index contributed by atoms with van der Waals surface area (Å²) >= 11 is 0. The molecule has 15 heteroatoms. The van der Waals surface area contributed by atoms with Gasteiger partial charge in [0.15, 0.2) is 11.6 Å². The van der Waals surface area contributed by atoms with E-state index < -0.39 is 17.2 Å². The molecule has 4 atom stereocenters. The molecule has 4 fully saturated rings. The van der Waals surface area contributed by atoms with Gasteiger partial charge in [0.25, 0.3) is 11.8 Å². The molecule has 4 aromatic rings. The standard InChI is InChI=1S/C26H34FN3O4.C20H25FN4O2/c1-17(13-22(31)34-26(2,3)4)19-7-9-20(10-8-19)33-21-11-12-30(14-21)24-23(27)25(29-16-28-24)32-15-18-5-6-18;1-13(22)15-4-6-16(7-5-15)27-17-8-9-25(10-17)19-18(21)20(24-12-23-19)26-11-14-2-3-14/h7-10,16-18,21H,5-6,11-15H2,1-4H3;4-7,12-14,17H,2-3,8-11,22H2,1H3/t17-,21-;13-,17+/m10/s1. The van der Waals surface area contributed by atoms with E-state index in [1.165, 1.54) is 12.7 Å². The van der Waals surface area contributed by atoms with E-state index >= 15 is 0 Å².